The van der Waals surface area contributed by atoms with Crippen LogP contribution in [-0.2, 0) is 0 Å². The Morgan fingerprint density at radius 1 is 1.00 bits per heavy atom. The molecule has 2 heterocycles. The third-order valence-corrected chi connectivity index (χ3v) is 5.32. The van der Waals surface area contributed by atoms with Crippen LogP contribution in [0.15, 0.2) is 54.9 Å². The Morgan fingerprint density at radius 2 is 1.69 bits per heavy atom. The topological polar surface area (TPSA) is 106 Å². The predicted molar refractivity (Wildman–Crippen MR) is 115 cm³/mol. The summed E-state index contributed by atoms with van der Waals surface area (Å²) in [5.41, 5.74) is 2.48. The minimum absolute atomic E-state index is 0.0883. The number of hydrogen-bond donors (Lipinski definition) is 2. The van der Waals surface area contributed by atoms with Crippen molar-refractivity contribution in [2.24, 2.45) is 0 Å². The second-order valence-electron chi connectivity index (χ2n) is 6.69. The number of nitro groups is 1. The third kappa shape index (κ3) is 3.99. The molecular formula is C20H18N6O2S. The van der Waals surface area contributed by atoms with Gasteiger partial charge in [-0.05, 0) is 35.7 Å². The molecule has 2 aromatic heterocycles. The monoisotopic (exact) mass is 406 g/mol. The maximum Gasteiger partial charge on any atom is 0.353 e. The van der Waals surface area contributed by atoms with Gasteiger partial charge in [-0.1, -0.05) is 49.4 Å². The van der Waals surface area contributed by atoms with Crippen molar-refractivity contribution in [2.75, 3.05) is 10.6 Å². The number of thiazole rings is 1. The van der Waals surface area contributed by atoms with Gasteiger partial charge in [-0.25, -0.2) is 15.0 Å². The van der Waals surface area contributed by atoms with E-state index in [2.05, 4.69) is 39.4 Å². The summed E-state index contributed by atoms with van der Waals surface area (Å²) in [6.07, 6.45) is 1.29. The molecule has 2 aromatic carbocycles. The molecule has 0 aliphatic rings. The quantitative estimate of drug-likeness (QED) is 0.317. The van der Waals surface area contributed by atoms with Crippen LogP contribution >= 0.6 is 11.3 Å². The summed E-state index contributed by atoms with van der Waals surface area (Å²) in [6.45, 7) is 4.22. The summed E-state index contributed by atoms with van der Waals surface area (Å²) in [5.74, 6) is 0.610. The van der Waals surface area contributed by atoms with Crippen molar-refractivity contribution < 1.29 is 4.92 Å². The molecule has 0 saturated heterocycles. The van der Waals surface area contributed by atoms with Gasteiger partial charge in [0.1, 0.15) is 6.33 Å². The molecule has 0 fully saturated rings. The zero-order valence-corrected chi connectivity index (χ0v) is 16.6. The van der Waals surface area contributed by atoms with Crippen LogP contribution in [0, 0.1) is 10.1 Å². The minimum Gasteiger partial charge on any atom is -0.334 e. The lowest BCUT2D eigenvalue weighted by Gasteiger charge is -2.10. The van der Waals surface area contributed by atoms with E-state index in [4.69, 9.17) is 0 Å². The van der Waals surface area contributed by atoms with Crippen LogP contribution in [0.3, 0.4) is 0 Å². The summed E-state index contributed by atoms with van der Waals surface area (Å²) in [7, 11) is 0. The van der Waals surface area contributed by atoms with E-state index in [1.165, 1.54) is 23.2 Å². The van der Waals surface area contributed by atoms with E-state index in [0.717, 1.165) is 10.2 Å². The fourth-order valence-corrected chi connectivity index (χ4v) is 3.71. The predicted octanol–water partition coefficient (Wildman–Crippen LogP) is 5.61. The van der Waals surface area contributed by atoms with Crippen LogP contribution in [-0.4, -0.2) is 19.9 Å². The number of para-hydroxylation sites is 1. The molecule has 0 unspecified atom stereocenters. The van der Waals surface area contributed by atoms with Gasteiger partial charge < -0.3 is 10.6 Å². The first kappa shape index (κ1) is 18.8. The van der Waals surface area contributed by atoms with E-state index < -0.39 is 4.92 Å². The summed E-state index contributed by atoms with van der Waals surface area (Å²) in [5, 5.41) is 18.3. The Bertz CT molecular complexity index is 1140. The lowest BCUT2D eigenvalue weighted by atomic mass is 10.0. The van der Waals surface area contributed by atoms with Crippen molar-refractivity contribution in [2.45, 2.75) is 19.8 Å². The largest absolute Gasteiger partial charge is 0.353 e. The second kappa shape index (κ2) is 7.80. The number of rotatable bonds is 6. The van der Waals surface area contributed by atoms with Crippen molar-refractivity contribution in [3.8, 4) is 0 Å². The summed E-state index contributed by atoms with van der Waals surface area (Å²) >= 11 is 1.40. The zero-order chi connectivity index (χ0) is 20.4. The fourth-order valence-electron chi connectivity index (χ4n) is 2.85. The smallest absolute Gasteiger partial charge is 0.334 e. The highest BCUT2D eigenvalue weighted by atomic mass is 32.1. The Balaban J connectivity index is 1.65. The number of nitrogens with one attached hydrogen (secondary N) is 2. The van der Waals surface area contributed by atoms with Crippen LogP contribution in [0.1, 0.15) is 25.3 Å². The Hall–Kier alpha value is -3.59. The number of nitrogens with zero attached hydrogens (tertiary/aromatic N) is 4. The van der Waals surface area contributed by atoms with Gasteiger partial charge in [-0.2, -0.15) is 0 Å². The molecule has 0 aliphatic carbocycles. The molecule has 4 rings (SSSR count). The standard InChI is InChI=1S/C20H18N6O2S/c1-12(2)13-7-9-14(10-8-13)23-18-17(26(27)28)19(22-11-21-18)25-20-24-15-5-3-4-6-16(15)29-20/h3-12H,1-2H3,(H2,21,22,23,24,25). The van der Waals surface area contributed by atoms with Crippen molar-refractivity contribution in [3.05, 3.63) is 70.5 Å². The number of hydrogen-bond acceptors (Lipinski definition) is 8. The Morgan fingerprint density at radius 3 is 2.34 bits per heavy atom. The molecule has 0 aliphatic heterocycles. The van der Waals surface area contributed by atoms with Gasteiger partial charge in [0.2, 0.25) is 11.6 Å². The molecule has 146 valence electrons. The van der Waals surface area contributed by atoms with Crippen LogP contribution in [0.2, 0.25) is 0 Å². The highest BCUT2D eigenvalue weighted by molar-refractivity contribution is 7.22. The molecule has 0 saturated carbocycles. The molecule has 29 heavy (non-hydrogen) atoms. The molecule has 0 amide bonds. The molecule has 8 nitrogen and oxygen atoms in total. The van der Waals surface area contributed by atoms with Gasteiger partial charge in [-0.3, -0.25) is 10.1 Å². The van der Waals surface area contributed by atoms with Gasteiger partial charge in [0.25, 0.3) is 0 Å². The normalized spacial score (nSPS) is 11.0. The second-order valence-corrected chi connectivity index (χ2v) is 7.72. The number of aromatic nitrogens is 3. The van der Waals surface area contributed by atoms with E-state index >= 15 is 0 Å². The van der Waals surface area contributed by atoms with E-state index in [1.54, 1.807) is 0 Å². The molecular weight excluding hydrogens is 388 g/mol. The number of fused-ring (bicyclic) bond motifs is 1. The van der Waals surface area contributed by atoms with Crippen LogP contribution in [0.25, 0.3) is 10.2 Å². The van der Waals surface area contributed by atoms with Gasteiger partial charge in [-0.15, -0.1) is 0 Å². The number of benzene rings is 2. The molecule has 0 spiro atoms. The lowest BCUT2D eigenvalue weighted by molar-refractivity contribution is -0.383. The minimum atomic E-state index is -0.500. The first-order chi connectivity index (χ1) is 14.0. The van der Waals surface area contributed by atoms with E-state index in [-0.39, 0.29) is 17.3 Å². The Labute approximate surface area is 170 Å². The molecule has 4 aromatic rings. The lowest BCUT2D eigenvalue weighted by Crippen LogP contribution is -2.05. The fraction of sp³-hybridized carbons (Fsp3) is 0.150. The van der Waals surface area contributed by atoms with Crippen LogP contribution < -0.4 is 10.6 Å². The number of anilines is 4. The maximum absolute atomic E-state index is 11.8. The molecule has 9 heteroatoms. The summed E-state index contributed by atoms with van der Waals surface area (Å²) < 4.78 is 0.982. The average molecular weight is 406 g/mol. The first-order valence-electron chi connectivity index (χ1n) is 9.00. The van der Waals surface area contributed by atoms with Gasteiger partial charge in [0.15, 0.2) is 5.13 Å². The van der Waals surface area contributed by atoms with Crippen LogP contribution in [0.5, 0.6) is 0 Å². The van der Waals surface area contributed by atoms with E-state index in [9.17, 15) is 10.1 Å². The van der Waals surface area contributed by atoms with E-state index in [0.29, 0.717) is 16.7 Å². The molecule has 0 bridgehead atoms. The van der Waals surface area contributed by atoms with Gasteiger partial charge in [0, 0.05) is 5.69 Å². The summed E-state index contributed by atoms with van der Waals surface area (Å²) in [6, 6.07) is 15.4. The molecule has 2 N–H and O–H groups in total. The van der Waals surface area contributed by atoms with Gasteiger partial charge >= 0.3 is 5.69 Å². The van der Waals surface area contributed by atoms with E-state index in [1.807, 2.05) is 48.5 Å². The third-order valence-electron chi connectivity index (χ3n) is 4.36. The molecule has 0 radical (unpaired) electrons. The van der Waals surface area contributed by atoms with Crippen molar-refractivity contribution in [1.29, 1.82) is 0 Å². The highest BCUT2D eigenvalue weighted by Crippen LogP contribution is 2.35. The van der Waals surface area contributed by atoms with Crippen molar-refractivity contribution >= 4 is 49.7 Å². The van der Waals surface area contributed by atoms with Crippen molar-refractivity contribution in [1.82, 2.24) is 15.0 Å². The zero-order valence-electron chi connectivity index (χ0n) is 15.8. The van der Waals surface area contributed by atoms with Gasteiger partial charge in [0.05, 0.1) is 15.1 Å². The maximum atomic E-state index is 11.8. The average Bonchev–Trinajstić information content (AvgIpc) is 3.10. The first-order valence-corrected chi connectivity index (χ1v) is 9.82. The summed E-state index contributed by atoms with van der Waals surface area (Å²) in [4.78, 5) is 23.9. The molecule has 0 atom stereocenters. The highest BCUT2D eigenvalue weighted by Gasteiger charge is 2.24. The van der Waals surface area contributed by atoms with Crippen molar-refractivity contribution in [3.63, 3.8) is 0 Å². The van der Waals surface area contributed by atoms with Crippen LogP contribution in [0.4, 0.5) is 28.1 Å². The Kier molecular flexibility index (Phi) is 5.05. The SMILES string of the molecule is CC(C)c1ccc(Nc2ncnc(Nc3nc4ccccc4s3)c2[N+](=O)[O-])cc1.